The highest BCUT2D eigenvalue weighted by molar-refractivity contribution is 7.14. The third-order valence-corrected chi connectivity index (χ3v) is 5.86. The van der Waals surface area contributed by atoms with E-state index in [-0.39, 0.29) is 17.9 Å². The van der Waals surface area contributed by atoms with Crippen LogP contribution in [-0.2, 0) is 17.8 Å². The quantitative estimate of drug-likeness (QED) is 0.892. The lowest BCUT2D eigenvalue weighted by atomic mass is 10.1. The lowest BCUT2D eigenvalue weighted by Gasteiger charge is -2.31. The van der Waals surface area contributed by atoms with Crippen molar-refractivity contribution in [2.75, 3.05) is 26.0 Å². The molecule has 1 unspecified atom stereocenters. The number of hydrogen-bond donors (Lipinski definition) is 1. The maximum absolute atomic E-state index is 12.4. The predicted octanol–water partition coefficient (Wildman–Crippen LogP) is 1.69. The topological polar surface area (TPSA) is 78.4 Å². The summed E-state index contributed by atoms with van der Waals surface area (Å²) >= 11 is 2.86. The number of carbonyl (C=O) groups is 2. The van der Waals surface area contributed by atoms with Crippen molar-refractivity contribution < 1.29 is 9.59 Å². The molecule has 128 valence electrons. The fraction of sp³-hybridized carbons (Fsp3) is 0.467. The second kappa shape index (κ2) is 6.96. The monoisotopic (exact) mass is 365 g/mol. The zero-order chi connectivity index (χ0) is 17.3. The molecule has 7 nitrogen and oxygen atoms in total. The Morgan fingerprint density at radius 3 is 2.88 bits per heavy atom. The van der Waals surface area contributed by atoms with E-state index in [0.29, 0.717) is 11.7 Å². The molecule has 0 radical (unpaired) electrons. The fourth-order valence-corrected chi connectivity index (χ4v) is 4.25. The molecule has 0 aliphatic carbocycles. The largest absolute Gasteiger partial charge is 0.344 e. The summed E-state index contributed by atoms with van der Waals surface area (Å²) in [6, 6.07) is 1.69. The van der Waals surface area contributed by atoms with Gasteiger partial charge in [-0.05, 0) is 25.0 Å². The van der Waals surface area contributed by atoms with Crippen LogP contribution in [0, 0.1) is 0 Å². The van der Waals surface area contributed by atoms with Gasteiger partial charge in [-0.2, -0.15) is 0 Å². The number of rotatable bonds is 4. The Hall–Kier alpha value is -1.84. The number of carbonyl (C=O) groups excluding carboxylic acids is 2. The van der Waals surface area contributed by atoms with Crippen LogP contribution in [-0.4, -0.2) is 58.5 Å². The molecule has 2 aromatic heterocycles. The van der Waals surface area contributed by atoms with E-state index in [1.165, 1.54) is 16.2 Å². The van der Waals surface area contributed by atoms with E-state index in [4.69, 9.17) is 0 Å². The summed E-state index contributed by atoms with van der Waals surface area (Å²) in [5.74, 6) is -0.0574. The molecule has 2 amide bonds. The van der Waals surface area contributed by atoms with E-state index >= 15 is 0 Å². The minimum absolute atomic E-state index is 0.0306. The minimum Gasteiger partial charge on any atom is -0.344 e. The Morgan fingerprint density at radius 1 is 1.42 bits per heavy atom. The molecule has 1 aliphatic rings. The number of anilines is 1. The van der Waals surface area contributed by atoms with Crippen molar-refractivity contribution in [1.29, 1.82) is 0 Å². The van der Waals surface area contributed by atoms with Gasteiger partial charge in [0, 0.05) is 32.1 Å². The number of nitrogens with zero attached hydrogens (tertiary/aromatic N) is 4. The van der Waals surface area contributed by atoms with Gasteiger partial charge in [0.15, 0.2) is 0 Å². The van der Waals surface area contributed by atoms with Gasteiger partial charge in [0.1, 0.15) is 5.51 Å². The van der Waals surface area contributed by atoms with E-state index in [9.17, 15) is 9.59 Å². The Labute approximate surface area is 148 Å². The molecular weight excluding hydrogens is 346 g/mol. The minimum atomic E-state index is -0.269. The molecule has 24 heavy (non-hydrogen) atoms. The van der Waals surface area contributed by atoms with Crippen molar-refractivity contribution in [2.45, 2.75) is 25.9 Å². The Bertz CT molecular complexity index is 741. The lowest BCUT2D eigenvalue weighted by Crippen LogP contribution is -2.44. The Morgan fingerprint density at radius 2 is 2.21 bits per heavy atom. The first-order chi connectivity index (χ1) is 11.5. The van der Waals surface area contributed by atoms with E-state index in [1.807, 2.05) is 13.0 Å². The average Bonchev–Trinajstić information content (AvgIpc) is 3.21. The summed E-state index contributed by atoms with van der Waals surface area (Å²) in [4.78, 5) is 30.2. The number of amides is 2. The van der Waals surface area contributed by atoms with E-state index in [2.05, 4.69) is 20.4 Å². The van der Waals surface area contributed by atoms with Crippen molar-refractivity contribution >= 4 is 39.6 Å². The summed E-state index contributed by atoms with van der Waals surface area (Å²) < 4.78 is 0. The highest BCUT2D eigenvalue weighted by Gasteiger charge is 2.28. The van der Waals surface area contributed by atoms with Gasteiger partial charge >= 0.3 is 0 Å². The third kappa shape index (κ3) is 3.47. The molecule has 3 heterocycles. The van der Waals surface area contributed by atoms with Crippen molar-refractivity contribution in [3.05, 3.63) is 26.9 Å². The van der Waals surface area contributed by atoms with Gasteiger partial charge in [-0.15, -0.1) is 21.5 Å². The normalized spacial score (nSPS) is 15.6. The summed E-state index contributed by atoms with van der Waals surface area (Å²) in [5, 5.41) is 10.9. The van der Waals surface area contributed by atoms with Crippen LogP contribution in [0.2, 0.25) is 0 Å². The van der Waals surface area contributed by atoms with Crippen LogP contribution in [0.1, 0.15) is 27.0 Å². The summed E-state index contributed by atoms with van der Waals surface area (Å²) in [7, 11) is 3.51. The molecule has 0 aromatic carbocycles. The number of nitrogens with one attached hydrogen (secondary N) is 1. The van der Waals surface area contributed by atoms with Gasteiger partial charge in [0.2, 0.25) is 11.0 Å². The van der Waals surface area contributed by atoms with Crippen molar-refractivity contribution in [3.8, 4) is 0 Å². The molecule has 1 N–H and O–H groups in total. The molecule has 0 bridgehead atoms. The molecule has 1 atom stereocenters. The van der Waals surface area contributed by atoms with Crippen LogP contribution >= 0.6 is 22.7 Å². The van der Waals surface area contributed by atoms with Crippen LogP contribution < -0.4 is 5.32 Å². The molecule has 0 saturated heterocycles. The maximum Gasteiger partial charge on any atom is 0.263 e. The second-order valence-electron chi connectivity index (χ2n) is 5.89. The van der Waals surface area contributed by atoms with Crippen molar-refractivity contribution in [3.63, 3.8) is 0 Å². The highest BCUT2D eigenvalue weighted by Crippen LogP contribution is 2.29. The van der Waals surface area contributed by atoms with Gasteiger partial charge in [0.25, 0.3) is 5.91 Å². The molecule has 2 aromatic rings. The van der Waals surface area contributed by atoms with Crippen molar-refractivity contribution in [2.24, 2.45) is 0 Å². The fourth-order valence-electron chi connectivity index (χ4n) is 2.61. The molecular formula is C15H19N5O2S2. The first-order valence-electron chi connectivity index (χ1n) is 7.60. The third-order valence-electron chi connectivity index (χ3n) is 4.03. The SMILES string of the molecule is CC(C(=O)Nc1nncs1)N1CCc2sc(C(=O)N(C)C)cc2C1. The first kappa shape index (κ1) is 17.0. The van der Waals surface area contributed by atoms with Crippen LogP contribution in [0.15, 0.2) is 11.6 Å². The number of thiophene rings is 1. The lowest BCUT2D eigenvalue weighted by molar-refractivity contribution is -0.121. The van der Waals surface area contributed by atoms with Crippen molar-refractivity contribution in [1.82, 2.24) is 20.0 Å². The number of hydrogen-bond acceptors (Lipinski definition) is 7. The predicted molar refractivity (Wildman–Crippen MR) is 94.5 cm³/mol. The van der Waals surface area contributed by atoms with E-state index < -0.39 is 0 Å². The summed E-state index contributed by atoms with van der Waals surface area (Å²) in [6.07, 6.45) is 0.858. The van der Waals surface area contributed by atoms with Crippen LogP contribution in [0.25, 0.3) is 0 Å². The van der Waals surface area contributed by atoms with E-state index in [0.717, 1.165) is 23.4 Å². The smallest absolute Gasteiger partial charge is 0.263 e. The summed E-state index contributed by atoms with van der Waals surface area (Å²) in [6.45, 7) is 3.37. The zero-order valence-electron chi connectivity index (χ0n) is 13.8. The van der Waals surface area contributed by atoms with Gasteiger partial charge in [-0.1, -0.05) is 11.3 Å². The highest BCUT2D eigenvalue weighted by atomic mass is 32.1. The maximum atomic E-state index is 12.4. The average molecular weight is 365 g/mol. The molecule has 0 spiro atoms. The standard InChI is InChI=1S/C15H19N5O2S2/c1-9(13(21)17-15-18-16-8-23-15)20-5-4-11-10(7-20)6-12(24-11)14(22)19(2)3/h6,8-9H,4-5,7H2,1-3H3,(H,17,18,21). The van der Waals surface area contributed by atoms with Crippen LogP contribution in [0.4, 0.5) is 5.13 Å². The molecule has 1 aliphatic heterocycles. The zero-order valence-corrected chi connectivity index (χ0v) is 15.4. The second-order valence-corrected chi connectivity index (χ2v) is 7.86. The number of aromatic nitrogens is 2. The number of fused-ring (bicyclic) bond motifs is 1. The van der Waals surface area contributed by atoms with Gasteiger partial charge in [0.05, 0.1) is 10.9 Å². The van der Waals surface area contributed by atoms with E-state index in [1.54, 1.807) is 35.8 Å². The van der Waals surface area contributed by atoms with Crippen LogP contribution in [0.3, 0.4) is 0 Å². The molecule has 3 rings (SSSR count). The van der Waals surface area contributed by atoms with Gasteiger partial charge in [-0.25, -0.2) is 0 Å². The van der Waals surface area contributed by atoms with Gasteiger partial charge in [-0.3, -0.25) is 19.8 Å². The Kier molecular flexibility index (Phi) is 4.93. The molecule has 9 heteroatoms. The molecule has 0 fully saturated rings. The summed E-state index contributed by atoms with van der Waals surface area (Å²) in [5.41, 5.74) is 2.73. The first-order valence-corrected chi connectivity index (χ1v) is 9.29. The van der Waals surface area contributed by atoms with Gasteiger partial charge < -0.3 is 4.90 Å². The Balaban J connectivity index is 1.68. The van der Waals surface area contributed by atoms with Crippen LogP contribution in [0.5, 0.6) is 0 Å². The molecule has 0 saturated carbocycles.